The van der Waals surface area contributed by atoms with Crippen LogP contribution in [0.4, 0.5) is 0 Å². The summed E-state index contributed by atoms with van der Waals surface area (Å²) in [5, 5.41) is 7.21. The number of hydrogen-bond donors (Lipinski definition) is 2. The third kappa shape index (κ3) is 4.30. The molecule has 0 aliphatic carbocycles. The van der Waals surface area contributed by atoms with Crippen molar-refractivity contribution in [3.63, 3.8) is 0 Å². The molecule has 2 amide bonds. The topological polar surface area (TPSA) is 93.3 Å². The molecule has 23 heavy (non-hydrogen) atoms. The fraction of sp³-hybridized carbons (Fsp3) is 0.267. The SMILES string of the molecule is CNCCN(C)C(=O)c1cc(C(N)=O)n(-c2ccccc2)n1.Cl. The normalized spacial score (nSPS) is 10.0. The zero-order valence-electron chi connectivity index (χ0n) is 13.0. The Bertz CT molecular complexity index is 672. The minimum absolute atomic E-state index is 0. The summed E-state index contributed by atoms with van der Waals surface area (Å²) in [4.78, 5) is 25.5. The Labute approximate surface area is 140 Å². The lowest BCUT2D eigenvalue weighted by Crippen LogP contribution is -2.33. The molecular formula is C15H20ClN5O2. The molecule has 7 nitrogen and oxygen atoms in total. The zero-order valence-corrected chi connectivity index (χ0v) is 13.8. The van der Waals surface area contributed by atoms with Gasteiger partial charge >= 0.3 is 0 Å². The maximum absolute atomic E-state index is 12.3. The van der Waals surface area contributed by atoms with Gasteiger partial charge in [0.1, 0.15) is 5.69 Å². The molecule has 0 spiro atoms. The van der Waals surface area contributed by atoms with E-state index in [2.05, 4.69) is 10.4 Å². The number of carbonyl (C=O) groups excluding carboxylic acids is 2. The van der Waals surface area contributed by atoms with Crippen LogP contribution in [0.5, 0.6) is 0 Å². The second kappa shape index (κ2) is 8.30. The first-order valence-electron chi connectivity index (χ1n) is 6.90. The predicted molar refractivity (Wildman–Crippen MR) is 90.2 cm³/mol. The van der Waals surface area contributed by atoms with Crippen molar-refractivity contribution in [3.05, 3.63) is 47.8 Å². The van der Waals surface area contributed by atoms with Gasteiger partial charge in [-0.2, -0.15) is 5.10 Å². The fourth-order valence-corrected chi connectivity index (χ4v) is 2.00. The monoisotopic (exact) mass is 337 g/mol. The van der Waals surface area contributed by atoms with Crippen molar-refractivity contribution in [1.29, 1.82) is 0 Å². The first kappa shape index (κ1) is 18.7. The van der Waals surface area contributed by atoms with Crippen LogP contribution in [0.1, 0.15) is 21.0 Å². The molecule has 0 saturated carbocycles. The number of aromatic nitrogens is 2. The number of rotatable bonds is 6. The van der Waals surface area contributed by atoms with Gasteiger partial charge in [0.05, 0.1) is 5.69 Å². The molecule has 0 bridgehead atoms. The van der Waals surface area contributed by atoms with Crippen molar-refractivity contribution < 1.29 is 9.59 Å². The highest BCUT2D eigenvalue weighted by Crippen LogP contribution is 2.13. The number of nitrogens with two attached hydrogens (primary N) is 1. The van der Waals surface area contributed by atoms with Crippen molar-refractivity contribution in [2.24, 2.45) is 5.73 Å². The largest absolute Gasteiger partial charge is 0.364 e. The van der Waals surface area contributed by atoms with E-state index < -0.39 is 5.91 Å². The average Bonchev–Trinajstić information content (AvgIpc) is 2.98. The summed E-state index contributed by atoms with van der Waals surface area (Å²) in [7, 11) is 3.50. The van der Waals surface area contributed by atoms with Crippen molar-refractivity contribution in [2.75, 3.05) is 27.2 Å². The molecule has 8 heteroatoms. The Kier molecular flexibility index (Phi) is 6.74. The smallest absolute Gasteiger partial charge is 0.274 e. The van der Waals surface area contributed by atoms with Crippen molar-refractivity contribution in [2.45, 2.75) is 0 Å². The molecule has 124 valence electrons. The maximum Gasteiger partial charge on any atom is 0.274 e. The van der Waals surface area contributed by atoms with Gasteiger partial charge in [-0.3, -0.25) is 9.59 Å². The van der Waals surface area contributed by atoms with E-state index >= 15 is 0 Å². The van der Waals surface area contributed by atoms with Crippen molar-refractivity contribution in [1.82, 2.24) is 20.0 Å². The van der Waals surface area contributed by atoms with E-state index in [1.807, 2.05) is 25.2 Å². The Morgan fingerprint density at radius 3 is 2.52 bits per heavy atom. The highest BCUT2D eigenvalue weighted by atomic mass is 35.5. The predicted octanol–water partition coefficient (Wildman–Crippen LogP) is 0.684. The van der Waals surface area contributed by atoms with Gasteiger partial charge in [-0.15, -0.1) is 12.4 Å². The molecule has 2 rings (SSSR count). The van der Waals surface area contributed by atoms with Gasteiger partial charge in [-0.25, -0.2) is 4.68 Å². The highest BCUT2D eigenvalue weighted by Gasteiger charge is 2.20. The van der Waals surface area contributed by atoms with E-state index in [1.54, 1.807) is 24.1 Å². The minimum atomic E-state index is -0.631. The Morgan fingerprint density at radius 2 is 1.96 bits per heavy atom. The number of benzene rings is 1. The Morgan fingerprint density at radius 1 is 1.30 bits per heavy atom. The van der Waals surface area contributed by atoms with Crippen LogP contribution in [0.25, 0.3) is 5.69 Å². The van der Waals surface area contributed by atoms with Crippen LogP contribution in [0, 0.1) is 0 Å². The Balaban J connectivity index is 0.00000264. The minimum Gasteiger partial charge on any atom is -0.364 e. The van der Waals surface area contributed by atoms with Gasteiger partial charge in [0.25, 0.3) is 11.8 Å². The molecule has 0 saturated heterocycles. The number of nitrogens with zero attached hydrogens (tertiary/aromatic N) is 3. The fourth-order valence-electron chi connectivity index (χ4n) is 2.00. The van der Waals surface area contributed by atoms with E-state index in [4.69, 9.17) is 5.73 Å². The van der Waals surface area contributed by atoms with Crippen LogP contribution < -0.4 is 11.1 Å². The summed E-state index contributed by atoms with van der Waals surface area (Å²) in [6, 6.07) is 10.5. The van der Waals surface area contributed by atoms with Gasteiger partial charge < -0.3 is 16.0 Å². The summed E-state index contributed by atoms with van der Waals surface area (Å²) in [6.45, 7) is 1.21. The molecule has 3 N–H and O–H groups in total. The van der Waals surface area contributed by atoms with Crippen LogP contribution >= 0.6 is 12.4 Å². The van der Waals surface area contributed by atoms with Gasteiger partial charge in [0.2, 0.25) is 0 Å². The van der Waals surface area contributed by atoms with Crippen LogP contribution in [-0.4, -0.2) is 53.7 Å². The van der Waals surface area contributed by atoms with E-state index in [-0.39, 0.29) is 29.7 Å². The third-order valence-electron chi connectivity index (χ3n) is 3.23. The number of carbonyl (C=O) groups is 2. The molecule has 1 aromatic carbocycles. The molecular weight excluding hydrogens is 318 g/mol. The lowest BCUT2D eigenvalue weighted by molar-refractivity contribution is 0.0790. The molecule has 0 unspecified atom stereocenters. The lowest BCUT2D eigenvalue weighted by Gasteiger charge is -2.15. The summed E-state index contributed by atoms with van der Waals surface area (Å²) in [5.41, 5.74) is 6.43. The molecule has 0 aliphatic heterocycles. The standard InChI is InChI=1S/C15H19N5O2.ClH/c1-17-8-9-19(2)15(22)12-10-13(14(16)21)20(18-12)11-6-4-3-5-7-11;/h3-7,10,17H,8-9H2,1-2H3,(H2,16,21);1H. The third-order valence-corrected chi connectivity index (χ3v) is 3.23. The molecule has 1 aromatic heterocycles. The van der Waals surface area contributed by atoms with Crippen LogP contribution in [0.15, 0.2) is 36.4 Å². The van der Waals surface area contributed by atoms with E-state index in [9.17, 15) is 9.59 Å². The summed E-state index contributed by atoms with van der Waals surface area (Å²) < 4.78 is 1.39. The zero-order chi connectivity index (χ0) is 16.1. The number of hydrogen-bond acceptors (Lipinski definition) is 4. The van der Waals surface area contributed by atoms with Gasteiger partial charge in [0, 0.05) is 26.2 Å². The lowest BCUT2D eigenvalue weighted by atomic mass is 10.3. The number of amides is 2. The number of halogens is 1. The Hall–Kier alpha value is -2.38. The summed E-state index contributed by atoms with van der Waals surface area (Å²) in [5.74, 6) is -0.888. The molecule has 0 atom stereocenters. The molecule has 0 fully saturated rings. The first-order chi connectivity index (χ1) is 10.5. The van der Waals surface area contributed by atoms with Crippen LogP contribution in [0.3, 0.4) is 0 Å². The highest BCUT2D eigenvalue weighted by molar-refractivity contribution is 5.97. The first-order valence-corrected chi connectivity index (χ1v) is 6.90. The average molecular weight is 338 g/mol. The second-order valence-electron chi connectivity index (χ2n) is 4.86. The van der Waals surface area contributed by atoms with E-state index in [1.165, 1.54) is 10.7 Å². The quantitative estimate of drug-likeness (QED) is 0.810. The van der Waals surface area contributed by atoms with Crippen LogP contribution in [-0.2, 0) is 0 Å². The number of primary amides is 1. The molecule has 2 aromatic rings. The number of para-hydroxylation sites is 1. The van der Waals surface area contributed by atoms with Gasteiger partial charge in [-0.05, 0) is 19.2 Å². The second-order valence-corrected chi connectivity index (χ2v) is 4.86. The maximum atomic E-state index is 12.3. The van der Waals surface area contributed by atoms with E-state index in [0.717, 1.165) is 0 Å². The summed E-state index contributed by atoms with van der Waals surface area (Å²) >= 11 is 0. The molecule has 0 aliphatic rings. The van der Waals surface area contributed by atoms with E-state index in [0.29, 0.717) is 18.8 Å². The summed E-state index contributed by atoms with van der Waals surface area (Å²) in [6.07, 6.45) is 0. The molecule has 0 radical (unpaired) electrons. The number of nitrogens with one attached hydrogen (secondary N) is 1. The van der Waals surface area contributed by atoms with Gasteiger partial charge in [0.15, 0.2) is 5.69 Å². The van der Waals surface area contributed by atoms with Gasteiger partial charge in [-0.1, -0.05) is 18.2 Å². The van der Waals surface area contributed by atoms with Crippen LogP contribution in [0.2, 0.25) is 0 Å². The molecule has 1 heterocycles. The number of likely N-dealkylation sites (N-methyl/N-ethyl adjacent to an activating group) is 2. The van der Waals surface area contributed by atoms with Crippen molar-refractivity contribution in [3.8, 4) is 5.69 Å². The van der Waals surface area contributed by atoms with Crippen molar-refractivity contribution >= 4 is 24.2 Å².